The molecule has 0 amide bonds. The Kier molecular flexibility index (Phi) is 93.1. The Balaban J connectivity index is -0.0000000483. The van der Waals surface area contributed by atoms with Crippen LogP contribution in [0.2, 0.25) is 0 Å². The van der Waals surface area contributed by atoms with Crippen LogP contribution in [0.3, 0.4) is 0 Å². The summed E-state index contributed by atoms with van der Waals surface area (Å²) in [6, 6.07) is 0. The zero-order chi connectivity index (χ0) is 33.9. The van der Waals surface area contributed by atoms with Gasteiger partial charge in [-0.25, -0.2) is 0 Å². The van der Waals surface area contributed by atoms with Gasteiger partial charge in [-0.2, -0.15) is 6.20 Å². The number of allylic oxidation sites excluding steroid dienone is 2. The van der Waals surface area contributed by atoms with E-state index in [1.165, 1.54) is 19.3 Å². The Morgan fingerprint density at radius 2 is 0.800 bits per heavy atom. The van der Waals surface area contributed by atoms with Crippen molar-refractivity contribution in [3.8, 4) is 0 Å². The van der Waals surface area contributed by atoms with Crippen molar-refractivity contribution >= 4 is 6.79 Å². The van der Waals surface area contributed by atoms with Gasteiger partial charge in [-0.3, -0.25) is 6.79 Å². The molecule has 0 aromatic heterocycles. The van der Waals surface area contributed by atoms with Gasteiger partial charge in [0.05, 0.1) is 0 Å². The Morgan fingerprint density at radius 3 is 0.850 bits per heavy atom. The predicted octanol–water partition coefficient (Wildman–Crippen LogP) is 5.03. The number of nitrogens with zero attached hydrogens (tertiary/aromatic N) is 2. The zero-order valence-electron chi connectivity index (χ0n) is 27.4. The molecule has 2 aliphatic heterocycles. The summed E-state index contributed by atoms with van der Waals surface area (Å²) in [5.41, 5.74) is 0. The van der Waals surface area contributed by atoms with Crippen LogP contribution < -0.4 is 0 Å². The van der Waals surface area contributed by atoms with Crippen molar-refractivity contribution in [2.45, 2.75) is 139 Å². The fourth-order valence-corrected chi connectivity index (χ4v) is 1.11. The van der Waals surface area contributed by atoms with Gasteiger partial charge in [-0.05, 0) is 83.1 Å². The molecule has 248 valence electrons. The molecule has 0 saturated carbocycles. The molecule has 2 rings (SSSR count). The molecule has 0 unspecified atom stereocenters. The van der Waals surface area contributed by atoms with Crippen LogP contribution in [0.15, 0.2) is 24.4 Å². The molecule has 0 aromatic carbocycles. The third kappa shape index (κ3) is 360. The van der Waals surface area contributed by atoms with Crippen molar-refractivity contribution < 1.29 is 67.9 Å². The number of carbonyl (C=O) groups excluding carboxylic acids is 1. The minimum atomic E-state index is -0.167. The van der Waals surface area contributed by atoms with E-state index in [2.05, 4.69) is 17.4 Å². The Labute approximate surface area is 267 Å². The molecule has 2 aliphatic rings. The van der Waals surface area contributed by atoms with E-state index in [0.29, 0.717) is 0 Å². The van der Waals surface area contributed by atoms with E-state index in [1.807, 2.05) is 50.7 Å². The average Bonchev–Trinajstić information content (AvgIpc) is 2.82. The third-order valence-electron chi connectivity index (χ3n) is 1.78. The first-order chi connectivity index (χ1) is 18.4. The van der Waals surface area contributed by atoms with E-state index < -0.39 is 0 Å². The zero-order valence-corrected chi connectivity index (χ0v) is 31.4. The van der Waals surface area contributed by atoms with Gasteiger partial charge in [0.2, 0.25) is 0 Å². The van der Waals surface area contributed by atoms with Gasteiger partial charge in [0.25, 0.3) is 0 Å². The van der Waals surface area contributed by atoms with Crippen LogP contribution in [0.4, 0.5) is 0 Å². The van der Waals surface area contributed by atoms with E-state index in [-0.39, 0.29) is 36.6 Å². The van der Waals surface area contributed by atoms with Crippen molar-refractivity contribution in [1.82, 2.24) is 0 Å². The number of piperidine rings is 1. The normalized spacial score (nSPS) is 11.8. The summed E-state index contributed by atoms with van der Waals surface area (Å²) in [7, 11) is 0. The van der Waals surface area contributed by atoms with Crippen LogP contribution in [-0.2, 0) is 37.2 Å². The topological polar surface area (TPSA) is 167 Å². The summed E-state index contributed by atoms with van der Waals surface area (Å²) >= 11 is 3.92. The van der Waals surface area contributed by atoms with Crippen LogP contribution in [0, 0.1) is 0 Å². The summed E-state index contributed by atoms with van der Waals surface area (Å²) in [4.78, 5) is 7.75. The first-order valence-electron chi connectivity index (χ1n) is 13.5. The molecular weight excluding hydrogens is 680 g/mol. The second kappa shape index (κ2) is 62.6. The quantitative estimate of drug-likeness (QED) is 0.115. The van der Waals surface area contributed by atoms with E-state index in [4.69, 9.17) is 35.4 Å². The van der Waals surface area contributed by atoms with Crippen molar-refractivity contribution in [3.63, 3.8) is 0 Å². The fraction of sp³-hybridized carbons (Fsp3) is 0.828. The van der Waals surface area contributed by atoms with Crippen molar-refractivity contribution in [3.05, 3.63) is 35.1 Å². The molecule has 0 atom stereocenters. The fourth-order valence-electron chi connectivity index (χ4n) is 1.11. The van der Waals surface area contributed by atoms with Crippen LogP contribution in [0.25, 0.3) is 10.6 Å². The molecule has 0 aliphatic carbocycles. The van der Waals surface area contributed by atoms with Crippen LogP contribution in [-0.4, -0.2) is 93.7 Å². The summed E-state index contributed by atoms with van der Waals surface area (Å²) < 4.78 is 0. The van der Waals surface area contributed by atoms with Gasteiger partial charge in [0, 0.05) is 36.6 Å². The molecule has 6 N–H and O–H groups in total. The van der Waals surface area contributed by atoms with Crippen LogP contribution in [0.1, 0.15) is 102 Å². The number of hydrogen-bond acceptors (Lipinski definition) is 7. The molecule has 0 spiro atoms. The number of aliphatic hydroxyl groups is 6. The van der Waals surface area contributed by atoms with Crippen LogP contribution >= 0.6 is 0 Å². The number of aliphatic hydroxyl groups excluding tert-OH is 6. The molecule has 0 aromatic rings. The van der Waals surface area contributed by atoms with Gasteiger partial charge in [-0.1, -0.05) is 31.4 Å². The van der Waals surface area contributed by atoms with Crippen molar-refractivity contribution in [1.29, 1.82) is 0 Å². The number of rotatable bonds is 0. The van der Waals surface area contributed by atoms with E-state index in [1.54, 1.807) is 89.3 Å². The predicted molar refractivity (Wildman–Crippen MR) is 164 cm³/mol. The summed E-state index contributed by atoms with van der Waals surface area (Å²) in [6.45, 7) is 27.0. The van der Waals surface area contributed by atoms with Gasteiger partial charge < -0.3 is 46.1 Å². The van der Waals surface area contributed by atoms with Crippen molar-refractivity contribution in [2.75, 3.05) is 19.6 Å². The summed E-state index contributed by atoms with van der Waals surface area (Å²) in [5.74, 6) is 0. The van der Waals surface area contributed by atoms with Gasteiger partial charge >= 0.3 is 32.4 Å². The molecule has 2 heterocycles. The van der Waals surface area contributed by atoms with E-state index in [0.717, 1.165) is 19.6 Å². The molecule has 0 bridgehead atoms. The Morgan fingerprint density at radius 1 is 0.550 bits per heavy atom. The van der Waals surface area contributed by atoms with Gasteiger partial charge in [-0.15, -0.1) is 25.7 Å². The minimum absolute atomic E-state index is 0.167. The Hall–Kier alpha value is 0.0466. The van der Waals surface area contributed by atoms with Gasteiger partial charge in [0.15, 0.2) is 0 Å². The Bertz CT molecular complexity index is 335. The standard InChI is InChI=1S/C5H10N.C5H6N.6C3H8O.CHO.2Mo/c2*1-2-4-6-5-3-1;6*1-3(2)4;1-2;;/h1-5H2;1-4H,5H2;6*3-4H,1-2H3;1H;;/q2*-1;;;;;;;-1;;. The average molecular weight is 746 g/mol. The molecular formula is C29H65Mo2N2O7-3. The first kappa shape index (κ1) is 59.5. The molecule has 40 heavy (non-hydrogen) atoms. The second-order valence-electron chi connectivity index (χ2n) is 9.43. The summed E-state index contributed by atoms with van der Waals surface area (Å²) in [6.07, 6.45) is 10.8. The molecule has 1 saturated heterocycles. The van der Waals surface area contributed by atoms with Crippen LogP contribution in [0.5, 0.6) is 0 Å². The molecule has 11 heteroatoms. The SMILES string of the molecule is C1=CC[N-]C=C1.C1CC[N-]CC1.CC(C)O.CC(C)O.CC(C)O.CC(C)O.CC(C)O.CC(C)O.[CH-]=O.[Mo]=[Mo]. The van der Waals surface area contributed by atoms with E-state index in [9.17, 15) is 0 Å². The monoisotopic (exact) mass is 749 g/mol. The summed E-state index contributed by atoms with van der Waals surface area (Å²) in [5, 5.41) is 56.4. The third-order valence-corrected chi connectivity index (χ3v) is 1.78. The molecule has 1 fully saturated rings. The van der Waals surface area contributed by atoms with E-state index >= 15 is 0 Å². The van der Waals surface area contributed by atoms with Gasteiger partial charge in [0.1, 0.15) is 0 Å². The number of hydrogen-bond donors (Lipinski definition) is 6. The maximum atomic E-state index is 8.06. The first-order valence-corrected chi connectivity index (χ1v) is 19.2. The molecule has 0 radical (unpaired) electrons. The second-order valence-corrected chi connectivity index (χ2v) is 9.43. The van der Waals surface area contributed by atoms with Crippen molar-refractivity contribution in [2.24, 2.45) is 0 Å². The molecule has 9 nitrogen and oxygen atoms in total. The maximum absolute atomic E-state index is 8.06.